The van der Waals surface area contributed by atoms with E-state index < -0.39 is 28.5 Å². The van der Waals surface area contributed by atoms with Gasteiger partial charge in [0.1, 0.15) is 24.1 Å². The summed E-state index contributed by atoms with van der Waals surface area (Å²) in [7, 11) is -4.14. The largest absolute Gasteiger partial charge is 0.457 e. The highest BCUT2D eigenvalue weighted by Gasteiger charge is 2.33. The quantitative estimate of drug-likeness (QED) is 0.202. The molecule has 0 spiro atoms. The maximum atomic E-state index is 14.1. The number of nitrogens with zero attached hydrogens (tertiary/aromatic N) is 2. The molecular formula is C34H37N3O5S. The number of anilines is 1. The fourth-order valence-corrected chi connectivity index (χ4v) is 6.18. The number of para-hydroxylation sites is 1. The van der Waals surface area contributed by atoms with Gasteiger partial charge in [0.25, 0.3) is 10.0 Å². The summed E-state index contributed by atoms with van der Waals surface area (Å²) < 4.78 is 34.9. The van der Waals surface area contributed by atoms with E-state index in [-0.39, 0.29) is 17.3 Å². The van der Waals surface area contributed by atoms with E-state index in [1.165, 1.54) is 17.0 Å². The number of ether oxygens (including phenoxy) is 1. The average molecular weight is 600 g/mol. The van der Waals surface area contributed by atoms with Gasteiger partial charge in [0.2, 0.25) is 11.8 Å². The van der Waals surface area contributed by atoms with Gasteiger partial charge in [-0.25, -0.2) is 8.42 Å². The van der Waals surface area contributed by atoms with Crippen LogP contribution in [0.1, 0.15) is 25.8 Å². The predicted molar refractivity (Wildman–Crippen MR) is 169 cm³/mol. The zero-order chi connectivity index (χ0) is 30.7. The van der Waals surface area contributed by atoms with Gasteiger partial charge in [0.05, 0.1) is 10.6 Å². The summed E-state index contributed by atoms with van der Waals surface area (Å²) in [5.41, 5.74) is 1.31. The Morgan fingerprint density at radius 1 is 0.767 bits per heavy atom. The first kappa shape index (κ1) is 31.3. The predicted octanol–water partition coefficient (Wildman–Crippen LogP) is 5.66. The Labute approximate surface area is 254 Å². The van der Waals surface area contributed by atoms with Gasteiger partial charge < -0.3 is 15.0 Å². The van der Waals surface area contributed by atoms with Crippen molar-refractivity contribution in [3.8, 4) is 11.5 Å². The first-order chi connectivity index (χ1) is 20.8. The molecule has 0 fully saturated rings. The molecule has 0 radical (unpaired) electrons. The van der Waals surface area contributed by atoms with E-state index >= 15 is 0 Å². The molecule has 9 heteroatoms. The highest BCUT2D eigenvalue weighted by Crippen LogP contribution is 2.28. The summed E-state index contributed by atoms with van der Waals surface area (Å²) in [6.45, 7) is 3.84. The van der Waals surface area contributed by atoms with Crippen LogP contribution in [0.25, 0.3) is 0 Å². The Morgan fingerprint density at radius 3 is 1.91 bits per heavy atom. The van der Waals surface area contributed by atoms with Crippen molar-refractivity contribution in [1.29, 1.82) is 0 Å². The Balaban J connectivity index is 1.67. The molecule has 1 atom stereocenters. The van der Waals surface area contributed by atoms with Crippen LogP contribution in [0.3, 0.4) is 0 Å². The van der Waals surface area contributed by atoms with Crippen molar-refractivity contribution < 1.29 is 22.7 Å². The van der Waals surface area contributed by atoms with Crippen LogP contribution < -0.4 is 14.4 Å². The monoisotopic (exact) mass is 599 g/mol. The summed E-state index contributed by atoms with van der Waals surface area (Å²) in [5, 5.41) is 2.82. The maximum absolute atomic E-state index is 14.1. The van der Waals surface area contributed by atoms with E-state index in [2.05, 4.69) is 5.32 Å². The molecule has 0 aliphatic rings. The molecule has 1 N–H and O–H groups in total. The highest BCUT2D eigenvalue weighted by molar-refractivity contribution is 7.92. The third kappa shape index (κ3) is 8.23. The fourth-order valence-electron chi connectivity index (χ4n) is 4.74. The van der Waals surface area contributed by atoms with Crippen LogP contribution >= 0.6 is 0 Å². The van der Waals surface area contributed by atoms with E-state index in [1.54, 1.807) is 42.5 Å². The number of hydrogen-bond donors (Lipinski definition) is 1. The number of nitrogens with one attached hydrogen (secondary N) is 1. The van der Waals surface area contributed by atoms with Crippen LogP contribution in [-0.2, 0) is 26.0 Å². The van der Waals surface area contributed by atoms with Crippen molar-refractivity contribution in [3.05, 3.63) is 121 Å². The second kappa shape index (κ2) is 15.0. The van der Waals surface area contributed by atoms with Crippen LogP contribution in [0.2, 0.25) is 0 Å². The average Bonchev–Trinajstić information content (AvgIpc) is 3.03. The van der Waals surface area contributed by atoms with E-state index in [1.807, 2.05) is 74.5 Å². The second-order valence-electron chi connectivity index (χ2n) is 9.88. The molecule has 4 rings (SSSR count). The summed E-state index contributed by atoms with van der Waals surface area (Å²) in [4.78, 5) is 28.7. The Kier molecular flexibility index (Phi) is 10.9. The van der Waals surface area contributed by atoms with Gasteiger partial charge in [0.15, 0.2) is 0 Å². The minimum atomic E-state index is -4.14. The lowest BCUT2D eigenvalue weighted by atomic mass is 10.1. The molecule has 1 unspecified atom stereocenters. The molecule has 0 heterocycles. The molecule has 0 saturated carbocycles. The number of sulfonamides is 1. The normalized spacial score (nSPS) is 11.8. The molecule has 4 aromatic rings. The maximum Gasteiger partial charge on any atom is 0.264 e. The van der Waals surface area contributed by atoms with Gasteiger partial charge in [0, 0.05) is 13.1 Å². The van der Waals surface area contributed by atoms with Gasteiger partial charge in [-0.3, -0.25) is 13.9 Å². The number of benzene rings is 4. The van der Waals surface area contributed by atoms with Crippen LogP contribution in [0.4, 0.5) is 5.69 Å². The van der Waals surface area contributed by atoms with Crippen molar-refractivity contribution in [2.24, 2.45) is 0 Å². The smallest absolute Gasteiger partial charge is 0.264 e. The molecule has 4 aromatic carbocycles. The minimum Gasteiger partial charge on any atom is -0.457 e. The van der Waals surface area contributed by atoms with E-state index in [0.29, 0.717) is 36.6 Å². The number of rotatable bonds is 14. The molecule has 0 aliphatic heterocycles. The SMILES string of the molecule is CCNC(=O)C(CC)N(CCc1ccccc1)C(=O)CN(c1ccc(Oc2ccccc2)cc1)S(=O)(=O)c1ccccc1. The van der Waals surface area contributed by atoms with Crippen molar-refractivity contribution in [1.82, 2.24) is 10.2 Å². The molecular weight excluding hydrogens is 562 g/mol. The molecule has 0 aliphatic carbocycles. The molecule has 0 aromatic heterocycles. The first-order valence-corrected chi connectivity index (χ1v) is 15.8. The molecule has 0 bridgehead atoms. The van der Waals surface area contributed by atoms with Gasteiger partial charge in [-0.05, 0) is 73.9 Å². The number of hydrogen-bond acceptors (Lipinski definition) is 5. The van der Waals surface area contributed by atoms with Gasteiger partial charge in [-0.1, -0.05) is 73.7 Å². The lowest BCUT2D eigenvalue weighted by Gasteiger charge is -2.33. The summed E-state index contributed by atoms with van der Waals surface area (Å²) in [6, 6.07) is 32.7. The van der Waals surface area contributed by atoms with E-state index in [0.717, 1.165) is 9.87 Å². The van der Waals surface area contributed by atoms with Crippen LogP contribution in [-0.4, -0.2) is 50.8 Å². The topological polar surface area (TPSA) is 96.0 Å². The third-order valence-corrected chi connectivity index (χ3v) is 8.72. The number of carbonyl (C=O) groups excluding carboxylic acids is 2. The second-order valence-corrected chi connectivity index (χ2v) is 11.7. The number of amides is 2. The molecule has 43 heavy (non-hydrogen) atoms. The number of likely N-dealkylation sites (N-methyl/N-ethyl adjacent to an activating group) is 1. The van der Waals surface area contributed by atoms with Crippen LogP contribution in [0.5, 0.6) is 11.5 Å². The molecule has 8 nitrogen and oxygen atoms in total. The minimum absolute atomic E-state index is 0.0546. The van der Waals surface area contributed by atoms with Gasteiger partial charge in [-0.2, -0.15) is 0 Å². The zero-order valence-electron chi connectivity index (χ0n) is 24.4. The van der Waals surface area contributed by atoms with Crippen molar-refractivity contribution in [3.63, 3.8) is 0 Å². The third-order valence-electron chi connectivity index (χ3n) is 6.93. The van der Waals surface area contributed by atoms with Gasteiger partial charge in [-0.15, -0.1) is 0 Å². The van der Waals surface area contributed by atoms with Crippen molar-refractivity contribution in [2.75, 3.05) is 23.9 Å². The lowest BCUT2D eigenvalue weighted by Crippen LogP contribution is -2.53. The Morgan fingerprint density at radius 2 is 1.33 bits per heavy atom. The standard InChI is InChI=1S/C34H37N3O5S/c1-3-32(34(39)35-4-2)36(25-24-27-14-8-5-9-15-27)33(38)26-37(43(40,41)31-18-12-7-13-19-31)28-20-22-30(23-21-28)42-29-16-10-6-11-17-29/h5-23,32H,3-4,24-26H2,1-2H3,(H,35,39). The van der Waals surface area contributed by atoms with E-state index in [9.17, 15) is 18.0 Å². The van der Waals surface area contributed by atoms with Crippen LogP contribution in [0.15, 0.2) is 120 Å². The molecule has 0 saturated heterocycles. The Hall–Kier alpha value is -4.63. The van der Waals surface area contributed by atoms with Crippen molar-refractivity contribution in [2.45, 2.75) is 37.6 Å². The number of carbonyl (C=O) groups is 2. The zero-order valence-corrected chi connectivity index (χ0v) is 25.2. The Bertz CT molecular complexity index is 1570. The van der Waals surface area contributed by atoms with Crippen molar-refractivity contribution >= 4 is 27.5 Å². The fraction of sp³-hybridized carbons (Fsp3) is 0.235. The molecule has 224 valence electrons. The summed E-state index contributed by atoms with van der Waals surface area (Å²) in [5.74, 6) is 0.416. The first-order valence-electron chi connectivity index (χ1n) is 14.3. The van der Waals surface area contributed by atoms with E-state index in [4.69, 9.17) is 4.74 Å². The van der Waals surface area contributed by atoms with Gasteiger partial charge >= 0.3 is 0 Å². The lowest BCUT2D eigenvalue weighted by molar-refractivity contribution is -0.139. The molecule has 2 amide bonds. The van der Waals surface area contributed by atoms with Crippen LogP contribution in [0, 0.1) is 0 Å². The summed E-state index contributed by atoms with van der Waals surface area (Å²) >= 11 is 0. The highest BCUT2D eigenvalue weighted by atomic mass is 32.2. The summed E-state index contributed by atoms with van der Waals surface area (Å²) in [6.07, 6.45) is 0.892.